The van der Waals surface area contributed by atoms with Gasteiger partial charge in [-0.25, -0.2) is 24.0 Å². The number of aromatic nitrogens is 2. The summed E-state index contributed by atoms with van der Waals surface area (Å²) >= 11 is 0. The largest absolute Gasteiger partial charge is 0.465 e. The Hall–Kier alpha value is -3.57. The summed E-state index contributed by atoms with van der Waals surface area (Å²) in [5, 5.41) is 22.7. The van der Waals surface area contributed by atoms with E-state index in [4.69, 9.17) is 5.21 Å². The molecule has 2 saturated heterocycles. The second kappa shape index (κ2) is 9.23. The maximum atomic E-state index is 14.3. The molecule has 2 aliphatic rings. The van der Waals surface area contributed by atoms with Gasteiger partial charge in [0, 0.05) is 47.9 Å². The molecule has 4 N–H and O–H groups in total. The number of nitrogens with zero attached hydrogens (tertiary/aromatic N) is 3. The molecule has 0 radical (unpaired) electrons. The van der Waals surface area contributed by atoms with Crippen molar-refractivity contribution in [1.29, 1.82) is 0 Å². The third kappa shape index (κ3) is 4.44. The van der Waals surface area contributed by atoms with Gasteiger partial charge in [-0.2, -0.15) is 0 Å². The molecule has 1 unspecified atom stereocenters. The quantitative estimate of drug-likeness (QED) is 0.314. The number of carbonyl (C=O) groups is 2. The summed E-state index contributed by atoms with van der Waals surface area (Å²) in [6.07, 6.45) is 5.63. The van der Waals surface area contributed by atoms with Crippen LogP contribution < -0.4 is 10.8 Å². The topological polar surface area (TPSA) is 120 Å². The van der Waals surface area contributed by atoms with Crippen LogP contribution in [0, 0.1) is 11.6 Å². The van der Waals surface area contributed by atoms with Crippen LogP contribution >= 0.6 is 0 Å². The van der Waals surface area contributed by atoms with Gasteiger partial charge >= 0.3 is 6.09 Å². The molecule has 5 rings (SSSR count). The highest BCUT2D eigenvalue weighted by molar-refractivity contribution is 5.96. The summed E-state index contributed by atoms with van der Waals surface area (Å²) < 4.78 is 29.4. The number of rotatable bonds is 6. The molecule has 35 heavy (non-hydrogen) atoms. The second-order valence-electron chi connectivity index (χ2n) is 9.17. The van der Waals surface area contributed by atoms with Gasteiger partial charge < -0.3 is 19.9 Å². The van der Waals surface area contributed by atoms with E-state index in [-0.39, 0.29) is 30.4 Å². The van der Waals surface area contributed by atoms with Crippen molar-refractivity contribution in [2.24, 2.45) is 0 Å². The van der Waals surface area contributed by atoms with Crippen molar-refractivity contribution in [3.63, 3.8) is 0 Å². The third-order valence-electron chi connectivity index (χ3n) is 7.08. The summed E-state index contributed by atoms with van der Waals surface area (Å²) in [6, 6.07) is 5.15. The van der Waals surface area contributed by atoms with Gasteiger partial charge in [-0.1, -0.05) is 6.07 Å². The molecule has 2 amide bonds. The fourth-order valence-electron chi connectivity index (χ4n) is 5.46. The molecule has 3 atom stereocenters. The first kappa shape index (κ1) is 23.2. The van der Waals surface area contributed by atoms with Gasteiger partial charge in [0.1, 0.15) is 17.3 Å². The zero-order chi connectivity index (χ0) is 24.7. The van der Waals surface area contributed by atoms with Crippen LogP contribution in [0.25, 0.3) is 10.9 Å². The van der Waals surface area contributed by atoms with E-state index in [1.807, 2.05) is 6.20 Å². The van der Waals surface area contributed by atoms with Gasteiger partial charge in [-0.05, 0) is 43.4 Å². The normalized spacial score (nSPS) is 21.5. The number of halogens is 2. The Morgan fingerprint density at radius 2 is 1.86 bits per heavy atom. The SMILES string of the molecule is O=C(NO)c1cc2c(CNC3C[C@H]4CC[C@@H](C3)N4C(=O)O)cn(Cc3ccc(F)cc3F)c2cn1. The average Bonchev–Trinajstić information content (AvgIpc) is 3.32. The lowest BCUT2D eigenvalue weighted by molar-refractivity contribution is 0.0700. The Balaban J connectivity index is 1.41. The molecular weight excluding hydrogens is 460 g/mol. The Kier molecular flexibility index (Phi) is 6.12. The molecule has 2 bridgehead atoms. The van der Waals surface area contributed by atoms with Crippen LogP contribution in [0.5, 0.6) is 0 Å². The maximum absolute atomic E-state index is 14.3. The highest BCUT2D eigenvalue weighted by atomic mass is 19.1. The number of benzene rings is 1. The molecule has 2 fully saturated rings. The number of amides is 2. The number of piperidine rings is 1. The van der Waals surface area contributed by atoms with E-state index in [0.717, 1.165) is 37.3 Å². The standard InChI is InChI=1S/C24H25F2N5O4/c25-15-2-1-13(20(26)5-15)11-30-12-14(19-8-21(23(32)29-35)28-10-22(19)30)9-27-16-6-17-3-4-18(7-16)31(17)24(33)34/h1-2,5,8,10,12,16-18,27,35H,3-4,6-7,9,11H2,(H,29,32)(H,33,34)/t16?,17-,18+. The van der Waals surface area contributed by atoms with Crippen molar-refractivity contribution in [3.8, 4) is 0 Å². The molecule has 0 aliphatic carbocycles. The summed E-state index contributed by atoms with van der Waals surface area (Å²) in [6.45, 7) is 0.577. The molecule has 4 heterocycles. The number of pyridine rings is 1. The Morgan fingerprint density at radius 3 is 2.51 bits per heavy atom. The van der Waals surface area contributed by atoms with Crippen LogP contribution in [0.3, 0.4) is 0 Å². The first-order chi connectivity index (χ1) is 16.8. The highest BCUT2D eigenvalue weighted by Gasteiger charge is 2.43. The van der Waals surface area contributed by atoms with E-state index < -0.39 is 23.6 Å². The summed E-state index contributed by atoms with van der Waals surface area (Å²) in [7, 11) is 0. The molecule has 0 spiro atoms. The van der Waals surface area contributed by atoms with Gasteiger partial charge in [-0.15, -0.1) is 0 Å². The minimum atomic E-state index is -0.866. The Bertz CT molecular complexity index is 1280. The average molecular weight is 485 g/mol. The first-order valence-electron chi connectivity index (χ1n) is 11.4. The van der Waals surface area contributed by atoms with Gasteiger partial charge in [0.15, 0.2) is 0 Å². The number of carbonyl (C=O) groups excluding carboxylic acids is 1. The number of carboxylic acid groups (broad SMARTS) is 1. The van der Waals surface area contributed by atoms with Crippen molar-refractivity contribution in [2.45, 2.75) is 56.9 Å². The van der Waals surface area contributed by atoms with E-state index >= 15 is 0 Å². The monoisotopic (exact) mass is 485 g/mol. The molecule has 2 aromatic heterocycles. The number of nitrogens with one attached hydrogen (secondary N) is 2. The lowest BCUT2D eigenvalue weighted by Gasteiger charge is -2.37. The van der Waals surface area contributed by atoms with Crippen LogP contribution in [0.4, 0.5) is 13.6 Å². The van der Waals surface area contributed by atoms with E-state index in [9.17, 15) is 23.5 Å². The summed E-state index contributed by atoms with van der Waals surface area (Å²) in [4.78, 5) is 29.2. The van der Waals surface area contributed by atoms with Gasteiger partial charge in [0.25, 0.3) is 5.91 Å². The molecule has 11 heteroatoms. The van der Waals surface area contributed by atoms with Crippen LogP contribution in [0.15, 0.2) is 36.7 Å². The zero-order valence-corrected chi connectivity index (χ0v) is 18.7. The predicted octanol–water partition coefficient (Wildman–Crippen LogP) is 3.24. The molecule has 184 valence electrons. The lowest BCUT2D eigenvalue weighted by Crippen LogP contribution is -2.50. The maximum Gasteiger partial charge on any atom is 0.407 e. The van der Waals surface area contributed by atoms with E-state index in [2.05, 4.69) is 10.3 Å². The van der Waals surface area contributed by atoms with Crippen molar-refractivity contribution in [3.05, 3.63) is 65.1 Å². The van der Waals surface area contributed by atoms with Crippen LogP contribution in [0.1, 0.15) is 47.3 Å². The third-order valence-corrected chi connectivity index (χ3v) is 7.08. The minimum absolute atomic E-state index is 0.00981. The second-order valence-corrected chi connectivity index (χ2v) is 9.17. The number of hydroxylamine groups is 1. The molecule has 9 nitrogen and oxygen atoms in total. The molecule has 1 aromatic carbocycles. The van der Waals surface area contributed by atoms with Crippen molar-refractivity contribution < 1.29 is 28.7 Å². The zero-order valence-electron chi connectivity index (χ0n) is 18.7. The number of hydrogen-bond donors (Lipinski definition) is 4. The highest BCUT2D eigenvalue weighted by Crippen LogP contribution is 2.36. The number of hydrogen-bond acceptors (Lipinski definition) is 5. The summed E-state index contributed by atoms with van der Waals surface area (Å²) in [5.41, 5.74) is 3.40. The summed E-state index contributed by atoms with van der Waals surface area (Å²) in [5.74, 6) is -2.06. The smallest absolute Gasteiger partial charge is 0.407 e. The van der Waals surface area contributed by atoms with E-state index in [1.165, 1.54) is 18.3 Å². The van der Waals surface area contributed by atoms with E-state index in [1.54, 1.807) is 21.0 Å². The van der Waals surface area contributed by atoms with Gasteiger partial charge in [0.2, 0.25) is 0 Å². The van der Waals surface area contributed by atoms with Crippen molar-refractivity contribution >= 4 is 22.9 Å². The molecule has 2 aliphatic heterocycles. The molecule has 0 saturated carbocycles. The minimum Gasteiger partial charge on any atom is -0.465 e. The molecule has 3 aromatic rings. The van der Waals surface area contributed by atoms with Crippen molar-refractivity contribution in [2.75, 3.05) is 0 Å². The Labute approximate surface area is 199 Å². The fraction of sp³-hybridized carbons (Fsp3) is 0.375. The lowest BCUT2D eigenvalue weighted by atomic mass is 9.97. The van der Waals surface area contributed by atoms with Gasteiger partial charge in [0.05, 0.1) is 18.3 Å². The van der Waals surface area contributed by atoms with Gasteiger partial charge in [-0.3, -0.25) is 10.0 Å². The first-order valence-corrected chi connectivity index (χ1v) is 11.4. The van der Waals surface area contributed by atoms with Crippen LogP contribution in [-0.2, 0) is 13.1 Å². The van der Waals surface area contributed by atoms with Crippen LogP contribution in [-0.4, -0.2) is 54.9 Å². The fourth-order valence-corrected chi connectivity index (χ4v) is 5.46. The van der Waals surface area contributed by atoms with E-state index in [0.29, 0.717) is 23.0 Å². The van der Waals surface area contributed by atoms with Crippen molar-refractivity contribution in [1.82, 2.24) is 25.2 Å². The van der Waals surface area contributed by atoms with Crippen LogP contribution in [0.2, 0.25) is 0 Å². The predicted molar refractivity (Wildman–Crippen MR) is 121 cm³/mol. The Morgan fingerprint density at radius 1 is 1.11 bits per heavy atom. The molecular formula is C24H25F2N5O4. The number of fused-ring (bicyclic) bond motifs is 3.